The largest absolute Gasteiger partial charge is 0.273 e. The minimum Gasteiger partial charge on any atom is -0.273 e. The van der Waals surface area contributed by atoms with Crippen molar-refractivity contribution in [3.8, 4) is 0 Å². The summed E-state index contributed by atoms with van der Waals surface area (Å²) in [7, 11) is -7.55. The number of sulfonamides is 2. The normalized spacial score (nSPS) is 16.8. The van der Waals surface area contributed by atoms with Crippen LogP contribution in [0, 0.1) is 5.82 Å². The molecule has 0 spiro atoms. The van der Waals surface area contributed by atoms with E-state index in [1.165, 1.54) is 48.5 Å². The molecule has 0 aliphatic carbocycles. The van der Waals surface area contributed by atoms with E-state index in [4.69, 9.17) is 0 Å². The minimum absolute atomic E-state index is 0.0244. The fourth-order valence-electron chi connectivity index (χ4n) is 2.49. The highest BCUT2D eigenvalue weighted by atomic mass is 32.2. The second-order valence-electron chi connectivity index (χ2n) is 5.67. The maximum Gasteiger partial charge on any atom is 0.242 e. The van der Waals surface area contributed by atoms with Gasteiger partial charge in [0.25, 0.3) is 0 Å². The Bertz CT molecular complexity index is 1030. The molecular weight excluding hydrogens is 383 g/mol. The fraction of sp³-hybridized carbons (Fsp3) is 0.188. The minimum atomic E-state index is -3.85. The molecule has 1 N–H and O–H groups in total. The lowest BCUT2D eigenvalue weighted by molar-refractivity contribution is -0.116. The molecule has 3 rings (SSSR count). The number of benzene rings is 2. The van der Waals surface area contributed by atoms with Gasteiger partial charge in [-0.15, -0.1) is 0 Å². The van der Waals surface area contributed by atoms with E-state index >= 15 is 0 Å². The topological polar surface area (TPSA) is 101 Å². The Hall–Kier alpha value is -2.30. The maximum absolute atomic E-state index is 12.9. The van der Waals surface area contributed by atoms with E-state index in [9.17, 15) is 26.0 Å². The second kappa shape index (κ2) is 6.78. The van der Waals surface area contributed by atoms with E-state index in [2.05, 4.69) is 4.72 Å². The summed E-state index contributed by atoms with van der Waals surface area (Å²) in [6.07, 6.45) is -0.0956. The molecule has 1 aliphatic rings. The molecule has 0 atom stereocenters. The lowest BCUT2D eigenvalue weighted by Gasteiger charge is -2.15. The third-order valence-corrected chi connectivity index (χ3v) is 6.95. The summed E-state index contributed by atoms with van der Waals surface area (Å²) >= 11 is 0. The van der Waals surface area contributed by atoms with Gasteiger partial charge in [0.05, 0.1) is 16.3 Å². The highest BCUT2D eigenvalue weighted by Gasteiger charge is 2.36. The first-order valence-electron chi connectivity index (χ1n) is 7.59. The number of anilines is 1. The lowest BCUT2D eigenvalue weighted by Crippen LogP contribution is -2.29. The number of rotatable bonds is 5. The summed E-state index contributed by atoms with van der Waals surface area (Å²) in [5, 5.41) is 0. The Labute approximate surface area is 150 Å². The Morgan fingerprint density at radius 3 is 2.19 bits per heavy atom. The second-order valence-corrected chi connectivity index (χ2v) is 9.37. The first-order chi connectivity index (χ1) is 12.2. The van der Waals surface area contributed by atoms with E-state index in [-0.39, 0.29) is 29.3 Å². The standard InChI is InChI=1S/C16H15FN2O5S2/c17-13-3-1-12(2-4-13)11-18-26(23,24)15-7-5-14(6-8-15)19-16(20)9-10-25(19,21)22/h1-8,18H,9-11H2. The number of hydrogen-bond acceptors (Lipinski definition) is 5. The molecular formula is C16H15FN2O5S2. The highest BCUT2D eigenvalue weighted by Crippen LogP contribution is 2.26. The van der Waals surface area contributed by atoms with Crippen LogP contribution in [-0.4, -0.2) is 28.5 Å². The number of carbonyl (C=O) groups excluding carboxylic acids is 1. The van der Waals surface area contributed by atoms with Gasteiger partial charge >= 0.3 is 0 Å². The van der Waals surface area contributed by atoms with Crippen molar-refractivity contribution in [3.63, 3.8) is 0 Å². The van der Waals surface area contributed by atoms with Crippen molar-refractivity contribution >= 4 is 31.6 Å². The maximum atomic E-state index is 12.9. The summed E-state index contributed by atoms with van der Waals surface area (Å²) in [4.78, 5) is 11.7. The summed E-state index contributed by atoms with van der Waals surface area (Å²) in [5.74, 6) is -1.22. The van der Waals surface area contributed by atoms with Crippen molar-refractivity contribution in [3.05, 3.63) is 59.9 Å². The molecule has 0 bridgehead atoms. The van der Waals surface area contributed by atoms with E-state index in [1.807, 2.05) is 0 Å². The van der Waals surface area contributed by atoms with Gasteiger partial charge in [-0.2, -0.15) is 0 Å². The molecule has 0 radical (unpaired) electrons. The van der Waals surface area contributed by atoms with Gasteiger partial charge in [0.2, 0.25) is 26.0 Å². The summed E-state index contributed by atoms with van der Waals surface area (Å²) in [6, 6.07) is 10.4. The summed E-state index contributed by atoms with van der Waals surface area (Å²) in [6.45, 7) is -0.0244. The van der Waals surface area contributed by atoms with Gasteiger partial charge in [0, 0.05) is 13.0 Å². The molecule has 0 aromatic heterocycles. The first-order valence-corrected chi connectivity index (χ1v) is 10.7. The van der Waals surface area contributed by atoms with Gasteiger partial charge in [-0.25, -0.2) is 30.3 Å². The molecule has 1 heterocycles. The molecule has 1 amide bonds. The summed E-state index contributed by atoms with van der Waals surface area (Å²) < 4.78 is 64.3. The van der Waals surface area contributed by atoms with E-state index in [0.29, 0.717) is 9.87 Å². The van der Waals surface area contributed by atoms with Crippen LogP contribution < -0.4 is 9.03 Å². The van der Waals surface area contributed by atoms with E-state index < -0.39 is 31.8 Å². The van der Waals surface area contributed by atoms with Gasteiger partial charge in [0.15, 0.2) is 0 Å². The zero-order valence-electron chi connectivity index (χ0n) is 13.4. The predicted molar refractivity (Wildman–Crippen MR) is 92.8 cm³/mol. The third-order valence-electron chi connectivity index (χ3n) is 3.84. The average molecular weight is 398 g/mol. The Balaban J connectivity index is 1.77. The highest BCUT2D eigenvalue weighted by molar-refractivity contribution is 7.94. The SMILES string of the molecule is O=C1CCS(=O)(=O)N1c1ccc(S(=O)(=O)NCc2ccc(F)cc2)cc1. The first kappa shape index (κ1) is 18.5. The molecule has 7 nitrogen and oxygen atoms in total. The molecule has 1 saturated heterocycles. The number of halogens is 1. The lowest BCUT2D eigenvalue weighted by atomic mass is 10.2. The van der Waals surface area contributed by atoms with E-state index in [1.54, 1.807) is 0 Å². The Morgan fingerprint density at radius 2 is 1.65 bits per heavy atom. The molecule has 2 aromatic rings. The van der Waals surface area contributed by atoms with Crippen LogP contribution in [0.2, 0.25) is 0 Å². The van der Waals surface area contributed by atoms with Crippen LogP contribution in [0.15, 0.2) is 53.4 Å². The Morgan fingerprint density at radius 1 is 1.04 bits per heavy atom. The van der Waals surface area contributed by atoms with Crippen LogP contribution in [0.25, 0.3) is 0 Å². The zero-order valence-corrected chi connectivity index (χ0v) is 15.1. The van der Waals surface area contributed by atoms with Crippen LogP contribution in [0.1, 0.15) is 12.0 Å². The Kier molecular flexibility index (Phi) is 4.82. The number of amides is 1. The summed E-state index contributed by atoms with van der Waals surface area (Å²) in [5.41, 5.74) is 0.685. The van der Waals surface area contributed by atoms with Crippen LogP contribution in [0.5, 0.6) is 0 Å². The predicted octanol–water partition coefficient (Wildman–Crippen LogP) is 1.37. The third kappa shape index (κ3) is 3.76. The monoisotopic (exact) mass is 398 g/mol. The fourth-order valence-corrected chi connectivity index (χ4v) is 4.97. The van der Waals surface area contributed by atoms with Gasteiger partial charge in [-0.3, -0.25) is 4.79 Å². The van der Waals surface area contributed by atoms with Crippen LogP contribution >= 0.6 is 0 Å². The van der Waals surface area contributed by atoms with Crippen molar-refractivity contribution in [1.29, 1.82) is 0 Å². The quantitative estimate of drug-likeness (QED) is 0.820. The van der Waals surface area contributed by atoms with E-state index in [0.717, 1.165) is 0 Å². The smallest absolute Gasteiger partial charge is 0.242 e. The molecule has 26 heavy (non-hydrogen) atoms. The van der Waals surface area contributed by atoms with Crippen molar-refractivity contribution in [2.24, 2.45) is 0 Å². The molecule has 2 aromatic carbocycles. The number of hydrogen-bond donors (Lipinski definition) is 1. The van der Waals surface area contributed by atoms with Crippen LogP contribution in [0.3, 0.4) is 0 Å². The number of carbonyl (C=O) groups is 1. The average Bonchev–Trinajstić information content (AvgIpc) is 2.87. The van der Waals surface area contributed by atoms with Crippen molar-refractivity contribution in [2.75, 3.05) is 10.1 Å². The van der Waals surface area contributed by atoms with Crippen molar-refractivity contribution in [2.45, 2.75) is 17.9 Å². The van der Waals surface area contributed by atoms with Gasteiger partial charge in [-0.05, 0) is 42.0 Å². The number of nitrogens with zero attached hydrogens (tertiary/aromatic N) is 1. The molecule has 1 fully saturated rings. The molecule has 0 saturated carbocycles. The molecule has 138 valence electrons. The van der Waals surface area contributed by atoms with Gasteiger partial charge in [-0.1, -0.05) is 12.1 Å². The molecule has 0 unspecified atom stereocenters. The van der Waals surface area contributed by atoms with Crippen LogP contribution in [-0.2, 0) is 31.4 Å². The van der Waals surface area contributed by atoms with Crippen molar-refractivity contribution < 1.29 is 26.0 Å². The van der Waals surface area contributed by atoms with Crippen LogP contribution in [0.4, 0.5) is 10.1 Å². The molecule has 1 aliphatic heterocycles. The zero-order chi connectivity index (χ0) is 18.9. The van der Waals surface area contributed by atoms with Gasteiger partial charge in [0.1, 0.15) is 5.82 Å². The van der Waals surface area contributed by atoms with Gasteiger partial charge < -0.3 is 0 Å². The van der Waals surface area contributed by atoms with Crippen molar-refractivity contribution in [1.82, 2.24) is 4.72 Å². The number of nitrogens with one attached hydrogen (secondary N) is 1. The molecule has 10 heteroatoms.